The van der Waals surface area contributed by atoms with Gasteiger partial charge >= 0.3 is 0 Å². The van der Waals surface area contributed by atoms with Crippen LogP contribution in [0.1, 0.15) is 16.8 Å². The summed E-state index contributed by atoms with van der Waals surface area (Å²) in [6, 6.07) is 14.7. The number of aromatic amines is 1. The molecule has 2 aromatic carbocycles. The molecule has 0 aliphatic carbocycles. The lowest BCUT2D eigenvalue weighted by atomic mass is 10.1. The third-order valence-corrected chi connectivity index (χ3v) is 7.77. The lowest BCUT2D eigenvalue weighted by Crippen LogP contribution is -2.37. The first-order valence-corrected chi connectivity index (χ1v) is 11.7. The van der Waals surface area contributed by atoms with E-state index in [0.717, 1.165) is 11.3 Å². The van der Waals surface area contributed by atoms with Crippen LogP contribution in [0.25, 0.3) is 0 Å². The fourth-order valence-corrected chi connectivity index (χ4v) is 5.61. The second-order valence-electron chi connectivity index (χ2n) is 7.93. The Balaban J connectivity index is 1.42. The third kappa shape index (κ3) is 3.53. The number of aromatic nitrogens is 2. The van der Waals surface area contributed by atoms with Crippen molar-refractivity contribution in [2.45, 2.75) is 24.4 Å². The van der Waals surface area contributed by atoms with E-state index >= 15 is 0 Å². The van der Waals surface area contributed by atoms with Crippen LogP contribution in [0.4, 0.5) is 5.69 Å². The van der Waals surface area contributed by atoms with E-state index in [1.165, 1.54) is 4.31 Å². The number of benzene rings is 2. The summed E-state index contributed by atoms with van der Waals surface area (Å²) in [5, 5.41) is 3.13. The normalized spacial score (nSPS) is 16.5. The van der Waals surface area contributed by atoms with E-state index in [4.69, 9.17) is 4.74 Å². The fraction of sp³-hybridized carbons (Fsp3) is 0.318. The minimum absolute atomic E-state index is 0.0801. The van der Waals surface area contributed by atoms with Gasteiger partial charge in [-0.05, 0) is 30.2 Å². The summed E-state index contributed by atoms with van der Waals surface area (Å²) in [6.45, 7) is 2.14. The van der Waals surface area contributed by atoms with E-state index in [0.29, 0.717) is 43.1 Å². The van der Waals surface area contributed by atoms with Crippen LogP contribution in [0.2, 0.25) is 0 Å². The Kier molecular flexibility index (Phi) is 4.86. The van der Waals surface area contributed by atoms with Gasteiger partial charge in [0.15, 0.2) is 0 Å². The summed E-state index contributed by atoms with van der Waals surface area (Å²) in [5.41, 5.74) is 3.03. The number of nitrogens with zero attached hydrogens (tertiary/aromatic N) is 3. The van der Waals surface area contributed by atoms with Crippen molar-refractivity contribution in [1.29, 1.82) is 0 Å². The number of sulfonamides is 1. The first-order valence-electron chi connectivity index (χ1n) is 10.3. The van der Waals surface area contributed by atoms with Gasteiger partial charge in [-0.15, -0.1) is 0 Å². The number of hydrogen-bond acceptors (Lipinski definition) is 5. The highest BCUT2D eigenvalue weighted by atomic mass is 32.2. The molecule has 0 bridgehead atoms. The van der Waals surface area contributed by atoms with Crippen molar-refractivity contribution in [2.24, 2.45) is 0 Å². The Labute approximate surface area is 180 Å². The Morgan fingerprint density at radius 2 is 1.90 bits per heavy atom. The Hall–Kier alpha value is -3.04. The van der Waals surface area contributed by atoms with E-state index in [9.17, 15) is 13.2 Å². The van der Waals surface area contributed by atoms with E-state index in [1.807, 2.05) is 42.3 Å². The fourth-order valence-electron chi connectivity index (χ4n) is 4.18. The molecule has 0 unspecified atom stereocenters. The number of H-pyrrole nitrogens is 1. The lowest BCUT2D eigenvalue weighted by molar-refractivity contribution is 0.311. The van der Waals surface area contributed by atoms with Crippen LogP contribution in [-0.4, -0.2) is 49.2 Å². The second-order valence-corrected chi connectivity index (χ2v) is 9.87. The van der Waals surface area contributed by atoms with Gasteiger partial charge in [-0.25, -0.2) is 13.1 Å². The maximum absolute atomic E-state index is 13.3. The van der Waals surface area contributed by atoms with Gasteiger partial charge in [-0.1, -0.05) is 30.3 Å². The molecule has 31 heavy (non-hydrogen) atoms. The summed E-state index contributed by atoms with van der Waals surface area (Å²) in [4.78, 5) is 15.0. The van der Waals surface area contributed by atoms with E-state index in [-0.39, 0.29) is 23.5 Å². The average molecular weight is 441 g/mol. The molecule has 0 spiro atoms. The number of ether oxygens (including phenoxy) is 1. The van der Waals surface area contributed by atoms with Crippen molar-refractivity contribution < 1.29 is 13.2 Å². The van der Waals surface area contributed by atoms with Crippen LogP contribution in [-0.2, 0) is 29.5 Å². The monoisotopic (exact) mass is 440 g/mol. The molecule has 0 radical (unpaired) electrons. The molecule has 9 heteroatoms. The van der Waals surface area contributed by atoms with Crippen LogP contribution in [0.15, 0.2) is 58.2 Å². The smallest absolute Gasteiger partial charge is 0.270 e. The average Bonchev–Trinajstić information content (AvgIpc) is 3.09. The van der Waals surface area contributed by atoms with Gasteiger partial charge < -0.3 is 9.64 Å². The molecule has 0 saturated carbocycles. The topological polar surface area (TPSA) is 87.6 Å². The lowest BCUT2D eigenvalue weighted by Gasteiger charge is -2.29. The van der Waals surface area contributed by atoms with Gasteiger partial charge in [0, 0.05) is 19.2 Å². The molecule has 2 aliphatic rings. The van der Waals surface area contributed by atoms with Gasteiger partial charge in [0.2, 0.25) is 10.0 Å². The number of rotatable bonds is 4. The molecule has 0 atom stereocenters. The van der Waals surface area contributed by atoms with Crippen molar-refractivity contribution in [3.8, 4) is 5.75 Å². The molecule has 0 amide bonds. The van der Waals surface area contributed by atoms with Crippen molar-refractivity contribution in [3.05, 3.63) is 75.7 Å². The Morgan fingerprint density at radius 1 is 1.10 bits per heavy atom. The molecule has 5 rings (SSSR count). The zero-order valence-electron chi connectivity index (χ0n) is 17.2. The summed E-state index contributed by atoms with van der Waals surface area (Å²) >= 11 is 0. The third-order valence-electron chi connectivity index (χ3n) is 5.93. The minimum atomic E-state index is -3.70. The number of anilines is 1. The Bertz CT molecular complexity index is 1280. The maximum atomic E-state index is 13.3. The molecule has 0 fully saturated rings. The van der Waals surface area contributed by atoms with Crippen LogP contribution < -0.4 is 15.2 Å². The largest absolute Gasteiger partial charge is 0.490 e. The van der Waals surface area contributed by atoms with Gasteiger partial charge in [0.1, 0.15) is 12.4 Å². The molecule has 3 aromatic rings. The highest BCUT2D eigenvalue weighted by molar-refractivity contribution is 7.89. The number of nitrogens with one attached hydrogen (secondary N) is 1. The predicted molar refractivity (Wildman–Crippen MR) is 117 cm³/mol. The van der Waals surface area contributed by atoms with Crippen LogP contribution in [0.3, 0.4) is 0 Å². The molecular formula is C22H24N4O4S. The quantitative estimate of drug-likeness (QED) is 0.669. The molecule has 3 heterocycles. The number of fused-ring (bicyclic) bond motifs is 2. The number of likely N-dealkylation sites (N-methyl/N-ethyl adjacent to an activating group) is 1. The van der Waals surface area contributed by atoms with Gasteiger partial charge in [0.25, 0.3) is 5.56 Å². The molecule has 1 aromatic heterocycles. The second kappa shape index (κ2) is 7.58. The van der Waals surface area contributed by atoms with Crippen molar-refractivity contribution >= 4 is 15.7 Å². The molecular weight excluding hydrogens is 416 g/mol. The highest BCUT2D eigenvalue weighted by Gasteiger charge is 2.32. The predicted octanol–water partition coefficient (Wildman–Crippen LogP) is 1.80. The van der Waals surface area contributed by atoms with E-state index in [2.05, 4.69) is 5.10 Å². The van der Waals surface area contributed by atoms with Crippen LogP contribution >= 0.6 is 0 Å². The summed E-state index contributed by atoms with van der Waals surface area (Å²) in [5.74, 6) is 0.691. The standard InChI is InChI=1S/C22H24N4O4S/c1-24-11-12-30-21-8-7-17(13-20(21)24)31(28,29)25-10-9-18-19(15-25)23-26(22(18)27)14-16-5-3-2-4-6-16/h2-8,13,23H,9-12,14-15H2,1H3. The summed E-state index contributed by atoms with van der Waals surface area (Å²) < 4.78 is 35.3. The Morgan fingerprint density at radius 3 is 2.71 bits per heavy atom. The number of hydrogen-bond donors (Lipinski definition) is 1. The van der Waals surface area contributed by atoms with Crippen LogP contribution in [0, 0.1) is 0 Å². The molecule has 2 aliphatic heterocycles. The zero-order valence-corrected chi connectivity index (χ0v) is 18.1. The molecule has 1 N–H and O–H groups in total. The SMILES string of the molecule is CN1CCOc2ccc(S(=O)(=O)N3CCc4c([nH]n(Cc5ccccc5)c4=O)C3)cc21. The molecule has 0 saturated heterocycles. The first-order chi connectivity index (χ1) is 14.9. The highest BCUT2D eigenvalue weighted by Crippen LogP contribution is 2.34. The van der Waals surface area contributed by atoms with Gasteiger partial charge in [-0.3, -0.25) is 9.89 Å². The summed E-state index contributed by atoms with van der Waals surface area (Å²) in [6.07, 6.45) is 0.389. The van der Waals surface area contributed by atoms with E-state index in [1.54, 1.807) is 22.9 Å². The van der Waals surface area contributed by atoms with Gasteiger partial charge in [-0.2, -0.15) is 4.31 Å². The molecule has 162 valence electrons. The maximum Gasteiger partial charge on any atom is 0.270 e. The van der Waals surface area contributed by atoms with Gasteiger partial charge in [0.05, 0.1) is 35.9 Å². The van der Waals surface area contributed by atoms with Crippen molar-refractivity contribution in [1.82, 2.24) is 14.1 Å². The van der Waals surface area contributed by atoms with E-state index < -0.39 is 10.0 Å². The first kappa shape index (κ1) is 19.9. The van der Waals surface area contributed by atoms with Crippen molar-refractivity contribution in [3.63, 3.8) is 0 Å². The summed E-state index contributed by atoms with van der Waals surface area (Å²) in [7, 11) is -1.78. The zero-order chi connectivity index (χ0) is 21.6. The minimum Gasteiger partial charge on any atom is -0.490 e. The molecule has 8 nitrogen and oxygen atoms in total. The van der Waals surface area contributed by atoms with Crippen LogP contribution in [0.5, 0.6) is 5.75 Å². The van der Waals surface area contributed by atoms with Crippen molar-refractivity contribution in [2.75, 3.05) is 31.6 Å².